The molecule has 2 rings (SSSR count). The van der Waals surface area contributed by atoms with Crippen LogP contribution in [0.15, 0.2) is 22.7 Å². The van der Waals surface area contributed by atoms with E-state index in [1.54, 1.807) is 6.07 Å². The fourth-order valence-electron chi connectivity index (χ4n) is 2.03. The fraction of sp³-hybridized carbons (Fsp3) is 0.462. The summed E-state index contributed by atoms with van der Waals surface area (Å²) in [5, 5.41) is 12.6. The third kappa shape index (κ3) is 3.46. The molecule has 1 aromatic carbocycles. The number of nitrogens with zero attached hydrogens (tertiary/aromatic N) is 1. The van der Waals surface area contributed by atoms with E-state index in [2.05, 4.69) is 21.2 Å². The first-order chi connectivity index (χ1) is 8.66. The van der Waals surface area contributed by atoms with Crippen molar-refractivity contribution in [1.82, 2.24) is 10.2 Å². The second-order valence-corrected chi connectivity index (χ2v) is 5.27. The molecule has 0 aliphatic carbocycles. The number of benzene rings is 1. The SMILES string of the molecule is O=C(CCc1ccc(O)c(Br)c1)N1CCNCC1. The Morgan fingerprint density at radius 2 is 2.11 bits per heavy atom. The van der Waals surface area contributed by atoms with Crippen LogP contribution in [0, 0.1) is 0 Å². The molecule has 0 saturated carbocycles. The fourth-order valence-corrected chi connectivity index (χ4v) is 2.46. The van der Waals surface area contributed by atoms with Gasteiger partial charge in [0.05, 0.1) is 4.47 Å². The zero-order valence-corrected chi connectivity index (χ0v) is 11.7. The minimum absolute atomic E-state index is 0.209. The van der Waals surface area contributed by atoms with Crippen molar-refractivity contribution in [2.24, 2.45) is 0 Å². The van der Waals surface area contributed by atoms with Crippen molar-refractivity contribution in [3.8, 4) is 5.75 Å². The normalized spacial score (nSPS) is 15.7. The number of phenolic OH excluding ortho intramolecular Hbond substituents is 1. The van der Waals surface area contributed by atoms with Crippen molar-refractivity contribution in [2.45, 2.75) is 12.8 Å². The highest BCUT2D eigenvalue weighted by Gasteiger charge is 2.15. The van der Waals surface area contributed by atoms with E-state index in [9.17, 15) is 9.90 Å². The Hall–Kier alpha value is -1.07. The topological polar surface area (TPSA) is 52.6 Å². The van der Waals surface area contributed by atoms with E-state index in [-0.39, 0.29) is 11.7 Å². The number of hydrogen-bond donors (Lipinski definition) is 2. The van der Waals surface area contributed by atoms with Gasteiger partial charge in [-0.2, -0.15) is 0 Å². The second kappa shape index (κ2) is 6.20. The molecule has 0 radical (unpaired) electrons. The lowest BCUT2D eigenvalue weighted by molar-refractivity contribution is -0.131. The summed E-state index contributed by atoms with van der Waals surface area (Å²) in [7, 11) is 0. The summed E-state index contributed by atoms with van der Waals surface area (Å²) in [6.07, 6.45) is 1.23. The van der Waals surface area contributed by atoms with Gasteiger partial charge < -0.3 is 15.3 Å². The largest absolute Gasteiger partial charge is 0.507 e. The Kier molecular flexibility index (Phi) is 4.60. The number of amides is 1. The van der Waals surface area contributed by atoms with E-state index >= 15 is 0 Å². The lowest BCUT2D eigenvalue weighted by Crippen LogP contribution is -2.46. The molecule has 0 unspecified atom stereocenters. The summed E-state index contributed by atoms with van der Waals surface area (Å²) in [6.45, 7) is 3.38. The average molecular weight is 313 g/mol. The molecule has 1 aliphatic heterocycles. The molecule has 0 atom stereocenters. The number of aryl methyl sites for hydroxylation is 1. The van der Waals surface area contributed by atoms with Crippen LogP contribution in [0.1, 0.15) is 12.0 Å². The molecular weight excluding hydrogens is 296 g/mol. The third-order valence-electron chi connectivity index (χ3n) is 3.11. The highest BCUT2D eigenvalue weighted by atomic mass is 79.9. The van der Waals surface area contributed by atoms with Gasteiger partial charge in [-0.25, -0.2) is 0 Å². The molecule has 1 saturated heterocycles. The van der Waals surface area contributed by atoms with Gasteiger partial charge in [0, 0.05) is 32.6 Å². The number of aromatic hydroxyl groups is 1. The lowest BCUT2D eigenvalue weighted by atomic mass is 10.1. The van der Waals surface area contributed by atoms with Gasteiger partial charge in [0.1, 0.15) is 5.75 Å². The van der Waals surface area contributed by atoms with Gasteiger partial charge in [0.2, 0.25) is 5.91 Å². The van der Waals surface area contributed by atoms with E-state index in [0.29, 0.717) is 17.3 Å². The highest BCUT2D eigenvalue weighted by molar-refractivity contribution is 9.10. The van der Waals surface area contributed by atoms with Crippen molar-refractivity contribution >= 4 is 21.8 Å². The van der Waals surface area contributed by atoms with Gasteiger partial charge in [0.25, 0.3) is 0 Å². The molecule has 98 valence electrons. The maximum absolute atomic E-state index is 12.0. The monoisotopic (exact) mass is 312 g/mol. The molecule has 2 N–H and O–H groups in total. The van der Waals surface area contributed by atoms with Gasteiger partial charge in [-0.1, -0.05) is 6.07 Å². The number of nitrogens with one attached hydrogen (secondary N) is 1. The number of carbonyl (C=O) groups excluding carboxylic acids is 1. The van der Waals surface area contributed by atoms with E-state index in [1.807, 2.05) is 17.0 Å². The van der Waals surface area contributed by atoms with Crippen LogP contribution in [0.4, 0.5) is 0 Å². The second-order valence-electron chi connectivity index (χ2n) is 4.42. The van der Waals surface area contributed by atoms with Gasteiger partial charge in [-0.05, 0) is 40.0 Å². The highest BCUT2D eigenvalue weighted by Crippen LogP contribution is 2.24. The number of carbonyl (C=O) groups is 1. The first kappa shape index (κ1) is 13.4. The summed E-state index contributed by atoms with van der Waals surface area (Å²) < 4.78 is 0.676. The molecular formula is C13H17BrN2O2. The lowest BCUT2D eigenvalue weighted by Gasteiger charge is -2.27. The molecule has 5 heteroatoms. The molecule has 0 bridgehead atoms. The number of halogens is 1. The molecule has 0 aromatic heterocycles. The van der Waals surface area contributed by atoms with Crippen LogP contribution in [0.5, 0.6) is 5.75 Å². The first-order valence-corrected chi connectivity index (χ1v) is 6.92. The quantitative estimate of drug-likeness (QED) is 0.890. The van der Waals surface area contributed by atoms with Crippen molar-refractivity contribution < 1.29 is 9.90 Å². The summed E-state index contributed by atoms with van der Waals surface area (Å²) in [5.74, 6) is 0.438. The Bertz CT molecular complexity index is 431. The minimum atomic E-state index is 0.209. The predicted molar refractivity (Wildman–Crippen MR) is 73.6 cm³/mol. The average Bonchev–Trinajstić information content (AvgIpc) is 2.41. The van der Waals surface area contributed by atoms with Crippen LogP contribution in [-0.4, -0.2) is 42.1 Å². The Labute approximate surface area is 115 Å². The van der Waals surface area contributed by atoms with E-state index < -0.39 is 0 Å². The summed E-state index contributed by atoms with van der Waals surface area (Å²) in [6, 6.07) is 5.36. The van der Waals surface area contributed by atoms with Crippen LogP contribution in [0.25, 0.3) is 0 Å². The standard InChI is InChI=1S/C13H17BrN2O2/c14-11-9-10(1-3-12(11)17)2-4-13(18)16-7-5-15-6-8-16/h1,3,9,15,17H,2,4-8H2. The number of phenols is 1. The summed E-state index contributed by atoms with van der Waals surface area (Å²) >= 11 is 3.28. The maximum atomic E-state index is 12.0. The van der Waals surface area contributed by atoms with Crippen LogP contribution in [-0.2, 0) is 11.2 Å². The summed E-state index contributed by atoms with van der Waals surface area (Å²) in [5.41, 5.74) is 1.06. The maximum Gasteiger partial charge on any atom is 0.222 e. The van der Waals surface area contributed by atoms with Gasteiger partial charge in [0.15, 0.2) is 0 Å². The Balaban J connectivity index is 1.86. The van der Waals surface area contributed by atoms with Crippen LogP contribution in [0.3, 0.4) is 0 Å². The van der Waals surface area contributed by atoms with E-state index in [4.69, 9.17) is 0 Å². The Morgan fingerprint density at radius 3 is 2.78 bits per heavy atom. The molecule has 1 heterocycles. The van der Waals surface area contributed by atoms with Crippen molar-refractivity contribution in [1.29, 1.82) is 0 Å². The minimum Gasteiger partial charge on any atom is -0.507 e. The zero-order chi connectivity index (χ0) is 13.0. The molecule has 18 heavy (non-hydrogen) atoms. The molecule has 1 aliphatic rings. The molecule has 0 spiro atoms. The van der Waals surface area contributed by atoms with Gasteiger partial charge >= 0.3 is 0 Å². The number of rotatable bonds is 3. The van der Waals surface area contributed by atoms with Crippen molar-refractivity contribution in [3.63, 3.8) is 0 Å². The molecule has 1 aromatic rings. The van der Waals surface area contributed by atoms with E-state index in [1.165, 1.54) is 0 Å². The summed E-state index contributed by atoms with van der Waals surface area (Å²) in [4.78, 5) is 13.9. The van der Waals surface area contributed by atoms with Crippen LogP contribution in [0.2, 0.25) is 0 Å². The molecule has 1 fully saturated rings. The molecule has 1 amide bonds. The molecule has 4 nitrogen and oxygen atoms in total. The Morgan fingerprint density at radius 1 is 1.39 bits per heavy atom. The van der Waals surface area contributed by atoms with Crippen molar-refractivity contribution in [2.75, 3.05) is 26.2 Å². The number of hydrogen-bond acceptors (Lipinski definition) is 3. The first-order valence-electron chi connectivity index (χ1n) is 6.13. The predicted octanol–water partition coefficient (Wildman–Crippen LogP) is 1.52. The van der Waals surface area contributed by atoms with Crippen molar-refractivity contribution in [3.05, 3.63) is 28.2 Å². The van der Waals surface area contributed by atoms with Gasteiger partial charge in [-0.3, -0.25) is 4.79 Å². The van der Waals surface area contributed by atoms with Crippen LogP contribution < -0.4 is 5.32 Å². The smallest absolute Gasteiger partial charge is 0.222 e. The van der Waals surface area contributed by atoms with E-state index in [0.717, 1.165) is 31.7 Å². The third-order valence-corrected chi connectivity index (χ3v) is 3.74. The van der Waals surface area contributed by atoms with Crippen LogP contribution >= 0.6 is 15.9 Å². The zero-order valence-electron chi connectivity index (χ0n) is 10.2. The number of piperazine rings is 1. The van der Waals surface area contributed by atoms with Gasteiger partial charge in [-0.15, -0.1) is 0 Å².